The molecule has 1 aromatic carbocycles. The van der Waals surface area contributed by atoms with Gasteiger partial charge in [0, 0.05) is 17.3 Å². The molecule has 1 heterocycles. The number of nitrogens with zero attached hydrogens (tertiary/aromatic N) is 1. The van der Waals surface area contributed by atoms with Crippen LogP contribution in [0.3, 0.4) is 0 Å². The number of amides is 2. The molecule has 1 aliphatic heterocycles. The van der Waals surface area contributed by atoms with E-state index in [1.807, 2.05) is 0 Å². The number of carbonyl (C=O) groups is 2. The van der Waals surface area contributed by atoms with Crippen molar-refractivity contribution in [3.63, 3.8) is 0 Å². The largest absolute Gasteiger partial charge is 0.368 e. The van der Waals surface area contributed by atoms with Gasteiger partial charge in [-0.2, -0.15) is 0 Å². The Hall–Kier alpha value is -1.70. The maximum Gasteiger partial charge on any atom is 0.237 e. The number of nitrogens with two attached hydrogens (primary N) is 1. The molecule has 0 aromatic heterocycles. The lowest BCUT2D eigenvalue weighted by molar-refractivity contribution is -0.332. The topological polar surface area (TPSA) is 84.7 Å². The quantitative estimate of drug-likeness (QED) is 0.804. The lowest BCUT2D eigenvalue weighted by Gasteiger charge is -2.23. The molecule has 0 fully saturated rings. The van der Waals surface area contributed by atoms with E-state index in [9.17, 15) is 14.1 Å². The number of rotatable bonds is 5. The number of halogens is 2. The summed E-state index contributed by atoms with van der Waals surface area (Å²) in [6.07, 6.45) is 0. The number of hydroxylamine groups is 2. The van der Waals surface area contributed by atoms with Gasteiger partial charge < -0.3 is 11.1 Å². The lowest BCUT2D eigenvalue weighted by atomic mass is 10.0. The van der Waals surface area contributed by atoms with Gasteiger partial charge in [-0.3, -0.25) is 9.59 Å². The number of hydrogen-bond donors (Lipinski definition) is 2. The van der Waals surface area contributed by atoms with Crippen LogP contribution in [0.1, 0.15) is 18.4 Å². The van der Waals surface area contributed by atoms with Crippen LogP contribution in [0.4, 0.5) is 10.2 Å². The molecule has 0 bridgehead atoms. The van der Waals surface area contributed by atoms with Crippen molar-refractivity contribution < 1.29 is 19.2 Å². The Balaban J connectivity index is 2.23. The molecule has 0 aliphatic carbocycles. The Morgan fingerprint density at radius 1 is 1.65 bits per heavy atom. The first kappa shape index (κ1) is 14.7. The molecule has 0 radical (unpaired) electrons. The zero-order valence-electron chi connectivity index (χ0n) is 10.6. The van der Waals surface area contributed by atoms with E-state index in [2.05, 4.69) is 10.4 Å². The Kier molecular flexibility index (Phi) is 4.22. The third-order valence-electron chi connectivity index (χ3n) is 3.26. The maximum absolute atomic E-state index is 12.6. The highest BCUT2D eigenvalue weighted by Crippen LogP contribution is 2.35. The molecule has 0 spiro atoms. The van der Waals surface area contributed by atoms with Crippen LogP contribution in [0.5, 0.6) is 0 Å². The summed E-state index contributed by atoms with van der Waals surface area (Å²) in [4.78, 5) is 23.0. The van der Waals surface area contributed by atoms with Crippen molar-refractivity contribution in [2.75, 3.05) is 11.9 Å². The van der Waals surface area contributed by atoms with E-state index in [0.717, 1.165) is 5.06 Å². The van der Waals surface area contributed by atoms with Crippen LogP contribution in [0.15, 0.2) is 18.2 Å². The first-order chi connectivity index (χ1) is 9.43. The number of carbonyl (C=O) groups excluding carboxylic acids is 2. The van der Waals surface area contributed by atoms with Crippen molar-refractivity contribution in [1.82, 2.24) is 5.06 Å². The Morgan fingerprint density at radius 3 is 2.95 bits per heavy atom. The predicted molar refractivity (Wildman–Crippen MR) is 70.4 cm³/mol. The second-order valence-electron chi connectivity index (χ2n) is 4.52. The first-order valence-electron chi connectivity index (χ1n) is 5.89. The minimum atomic E-state index is -1.00. The van der Waals surface area contributed by atoms with Crippen molar-refractivity contribution in [3.8, 4) is 0 Å². The summed E-state index contributed by atoms with van der Waals surface area (Å²) in [5, 5.41) is 7.49. The molecule has 3 N–H and O–H groups in total. The standard InChI is InChI=1S/C12H13ClFN3O3/c1-6(11(15)18)17(20-14)5-9-8-4-7(13)2-3-10(8)16-12(9)19/h2-4,6,9H,5H2,1H3,(H2,15,18)(H,16,19)/t6-,9-/m0/s1. The van der Waals surface area contributed by atoms with Crippen LogP contribution < -0.4 is 11.1 Å². The van der Waals surface area contributed by atoms with Crippen molar-refractivity contribution in [2.24, 2.45) is 5.73 Å². The third kappa shape index (κ3) is 2.74. The third-order valence-corrected chi connectivity index (χ3v) is 3.49. The highest BCUT2D eigenvalue weighted by atomic mass is 35.5. The highest BCUT2D eigenvalue weighted by Gasteiger charge is 2.35. The zero-order valence-corrected chi connectivity index (χ0v) is 11.4. The van der Waals surface area contributed by atoms with Crippen molar-refractivity contribution in [3.05, 3.63) is 28.8 Å². The molecular formula is C12H13ClFN3O3. The average molecular weight is 302 g/mol. The number of fused-ring (bicyclic) bond motifs is 1. The Labute approximate surface area is 119 Å². The van der Waals surface area contributed by atoms with E-state index in [1.165, 1.54) is 6.92 Å². The summed E-state index contributed by atoms with van der Waals surface area (Å²) in [5.41, 5.74) is 6.32. The van der Waals surface area contributed by atoms with Gasteiger partial charge in [0.15, 0.2) is 0 Å². The highest BCUT2D eigenvalue weighted by molar-refractivity contribution is 6.31. The number of nitrogens with one attached hydrogen (secondary N) is 1. The second-order valence-corrected chi connectivity index (χ2v) is 4.96. The van der Waals surface area contributed by atoms with Crippen LogP contribution in [0, 0.1) is 0 Å². The second kappa shape index (κ2) is 5.74. The first-order valence-corrected chi connectivity index (χ1v) is 6.26. The van der Waals surface area contributed by atoms with Crippen LogP contribution in [-0.4, -0.2) is 29.5 Å². The van der Waals surface area contributed by atoms with Gasteiger partial charge in [-0.25, -0.2) is 0 Å². The molecule has 0 saturated heterocycles. The molecule has 2 atom stereocenters. The summed E-state index contributed by atoms with van der Waals surface area (Å²) in [7, 11) is 0. The van der Waals surface area contributed by atoms with Crippen LogP contribution in [0.2, 0.25) is 5.02 Å². The van der Waals surface area contributed by atoms with Crippen molar-refractivity contribution in [2.45, 2.75) is 18.9 Å². The van der Waals surface area contributed by atoms with E-state index >= 15 is 0 Å². The smallest absolute Gasteiger partial charge is 0.237 e. The van der Waals surface area contributed by atoms with Gasteiger partial charge in [0.25, 0.3) is 0 Å². The fourth-order valence-electron chi connectivity index (χ4n) is 2.05. The number of anilines is 1. The number of hydrogen-bond acceptors (Lipinski definition) is 4. The molecule has 1 aromatic rings. The average Bonchev–Trinajstić information content (AvgIpc) is 2.70. The minimum absolute atomic E-state index is 0.153. The van der Waals surface area contributed by atoms with Gasteiger partial charge in [-0.15, -0.1) is 5.06 Å². The monoisotopic (exact) mass is 301 g/mol. The molecule has 0 unspecified atom stereocenters. The van der Waals surface area contributed by atoms with E-state index in [4.69, 9.17) is 17.3 Å². The summed E-state index contributed by atoms with van der Waals surface area (Å²) < 4.78 is 12.6. The predicted octanol–water partition coefficient (Wildman–Crippen LogP) is 1.37. The van der Waals surface area contributed by atoms with Crippen molar-refractivity contribution in [1.29, 1.82) is 0 Å². The molecule has 0 saturated carbocycles. The van der Waals surface area contributed by atoms with Gasteiger partial charge >= 0.3 is 0 Å². The van der Waals surface area contributed by atoms with E-state index in [0.29, 0.717) is 16.3 Å². The van der Waals surface area contributed by atoms with Gasteiger partial charge in [0.05, 0.1) is 5.92 Å². The Bertz CT molecular complexity index is 555. The van der Waals surface area contributed by atoms with E-state index in [-0.39, 0.29) is 12.5 Å². The molecule has 2 amide bonds. The zero-order chi connectivity index (χ0) is 14.9. The van der Waals surface area contributed by atoms with Crippen LogP contribution in [0.25, 0.3) is 0 Å². The SMILES string of the molecule is C[C@@H](C(N)=O)N(C[C@@H]1C(=O)Nc2ccc(Cl)cc21)OF. The Morgan fingerprint density at radius 2 is 2.35 bits per heavy atom. The fourth-order valence-corrected chi connectivity index (χ4v) is 2.23. The van der Waals surface area contributed by atoms with Crippen molar-refractivity contribution >= 4 is 29.1 Å². The molecule has 6 nitrogen and oxygen atoms in total. The molecular weight excluding hydrogens is 289 g/mol. The normalized spacial score (nSPS) is 18.8. The van der Waals surface area contributed by atoms with E-state index in [1.54, 1.807) is 18.2 Å². The lowest BCUT2D eigenvalue weighted by Crippen LogP contribution is -2.44. The summed E-state index contributed by atoms with van der Waals surface area (Å²) in [6.45, 7) is 1.23. The van der Waals surface area contributed by atoms with Crippen LogP contribution >= 0.6 is 11.6 Å². The molecule has 108 valence electrons. The van der Waals surface area contributed by atoms with Gasteiger partial charge in [-0.05, 0) is 35.2 Å². The van der Waals surface area contributed by atoms with E-state index < -0.39 is 17.9 Å². The van der Waals surface area contributed by atoms with Gasteiger partial charge in [-0.1, -0.05) is 16.6 Å². The van der Waals surface area contributed by atoms with Gasteiger partial charge in [0.1, 0.15) is 6.04 Å². The molecule has 2 rings (SSSR count). The van der Waals surface area contributed by atoms with Crippen LogP contribution in [-0.2, 0) is 14.6 Å². The maximum atomic E-state index is 12.6. The van der Waals surface area contributed by atoms with Gasteiger partial charge in [0.2, 0.25) is 11.8 Å². The number of primary amides is 1. The summed E-state index contributed by atoms with van der Waals surface area (Å²) in [6, 6.07) is 3.91. The molecule has 8 heteroatoms. The molecule has 20 heavy (non-hydrogen) atoms. The number of benzene rings is 1. The molecule has 1 aliphatic rings. The minimum Gasteiger partial charge on any atom is -0.368 e. The summed E-state index contributed by atoms with van der Waals surface area (Å²) >= 11 is 5.89. The fraction of sp³-hybridized carbons (Fsp3) is 0.333. The summed E-state index contributed by atoms with van der Waals surface area (Å²) in [5.74, 6) is -1.77.